The Bertz CT molecular complexity index is 766. The third kappa shape index (κ3) is 2.96. The Morgan fingerprint density at radius 1 is 1.29 bits per heavy atom. The van der Waals surface area contributed by atoms with Crippen molar-refractivity contribution in [2.24, 2.45) is 0 Å². The number of halogens is 1. The number of pyridine rings is 1. The standard InChI is InChI=1S/C17H17FN2S/c1-11-7-14(18)4-3-12(11)8-16(19-2)13-9-17-15(20-10-13)5-6-21-17/h3-7,9-10,16,19H,8H2,1-2H3. The van der Waals surface area contributed by atoms with Gasteiger partial charge in [-0.3, -0.25) is 4.98 Å². The van der Waals surface area contributed by atoms with Crippen LogP contribution in [-0.2, 0) is 6.42 Å². The van der Waals surface area contributed by atoms with Crippen LogP contribution in [-0.4, -0.2) is 12.0 Å². The highest BCUT2D eigenvalue weighted by molar-refractivity contribution is 7.17. The Hall–Kier alpha value is -1.78. The van der Waals surface area contributed by atoms with E-state index in [1.807, 2.05) is 32.3 Å². The van der Waals surface area contributed by atoms with E-state index >= 15 is 0 Å². The maximum atomic E-state index is 13.2. The van der Waals surface area contributed by atoms with Gasteiger partial charge in [0.25, 0.3) is 0 Å². The van der Waals surface area contributed by atoms with Crippen molar-refractivity contribution in [1.82, 2.24) is 10.3 Å². The molecule has 0 aliphatic carbocycles. The Kier molecular flexibility index (Phi) is 3.99. The van der Waals surface area contributed by atoms with Crippen molar-refractivity contribution in [3.05, 3.63) is 64.4 Å². The molecule has 2 aromatic heterocycles. The molecule has 0 bridgehead atoms. The van der Waals surface area contributed by atoms with E-state index in [1.165, 1.54) is 10.8 Å². The highest BCUT2D eigenvalue weighted by atomic mass is 32.1. The maximum absolute atomic E-state index is 13.2. The lowest BCUT2D eigenvalue weighted by atomic mass is 9.97. The number of likely N-dealkylation sites (N-methyl/N-ethyl adjacent to an activating group) is 1. The third-order valence-electron chi connectivity index (χ3n) is 3.80. The van der Waals surface area contributed by atoms with E-state index in [9.17, 15) is 4.39 Å². The topological polar surface area (TPSA) is 24.9 Å². The number of hydrogen-bond donors (Lipinski definition) is 1. The summed E-state index contributed by atoms with van der Waals surface area (Å²) >= 11 is 1.70. The lowest BCUT2D eigenvalue weighted by molar-refractivity contribution is 0.586. The normalized spacial score (nSPS) is 12.7. The zero-order valence-electron chi connectivity index (χ0n) is 12.1. The van der Waals surface area contributed by atoms with Crippen molar-refractivity contribution in [2.45, 2.75) is 19.4 Å². The highest BCUT2D eigenvalue weighted by Gasteiger charge is 2.13. The molecule has 3 aromatic rings. The predicted molar refractivity (Wildman–Crippen MR) is 86.3 cm³/mol. The second-order valence-electron chi connectivity index (χ2n) is 5.19. The molecule has 0 radical (unpaired) electrons. The molecule has 0 saturated carbocycles. The molecule has 0 spiro atoms. The van der Waals surface area contributed by atoms with Gasteiger partial charge in [-0.1, -0.05) is 6.07 Å². The molecule has 0 fully saturated rings. The first kappa shape index (κ1) is 14.2. The van der Waals surface area contributed by atoms with Crippen molar-refractivity contribution in [3.8, 4) is 0 Å². The highest BCUT2D eigenvalue weighted by Crippen LogP contribution is 2.25. The van der Waals surface area contributed by atoms with Crippen molar-refractivity contribution in [3.63, 3.8) is 0 Å². The van der Waals surface area contributed by atoms with Crippen LogP contribution in [0.4, 0.5) is 4.39 Å². The summed E-state index contributed by atoms with van der Waals surface area (Å²) < 4.78 is 14.4. The fourth-order valence-corrected chi connectivity index (χ4v) is 3.34. The molecule has 108 valence electrons. The number of rotatable bonds is 4. The summed E-state index contributed by atoms with van der Waals surface area (Å²) in [5.74, 6) is -0.182. The van der Waals surface area contributed by atoms with Crippen LogP contribution in [0.25, 0.3) is 10.2 Å². The molecule has 2 heterocycles. The number of aromatic nitrogens is 1. The first-order valence-electron chi connectivity index (χ1n) is 6.93. The molecule has 0 aliphatic heterocycles. The van der Waals surface area contributed by atoms with E-state index in [2.05, 4.69) is 21.7 Å². The zero-order valence-corrected chi connectivity index (χ0v) is 12.9. The number of nitrogens with zero attached hydrogens (tertiary/aromatic N) is 1. The number of hydrogen-bond acceptors (Lipinski definition) is 3. The van der Waals surface area contributed by atoms with Gasteiger partial charge in [-0.2, -0.15) is 0 Å². The first-order chi connectivity index (χ1) is 10.2. The van der Waals surface area contributed by atoms with E-state index in [0.717, 1.165) is 28.6 Å². The van der Waals surface area contributed by atoms with Crippen LogP contribution in [0.2, 0.25) is 0 Å². The smallest absolute Gasteiger partial charge is 0.123 e. The number of benzene rings is 1. The Labute approximate surface area is 127 Å². The summed E-state index contributed by atoms with van der Waals surface area (Å²) in [4.78, 5) is 4.50. The van der Waals surface area contributed by atoms with Crippen molar-refractivity contribution in [2.75, 3.05) is 7.05 Å². The molecule has 1 N–H and O–H groups in total. The van der Waals surface area contributed by atoms with Gasteiger partial charge in [0.1, 0.15) is 5.82 Å². The summed E-state index contributed by atoms with van der Waals surface area (Å²) in [5.41, 5.74) is 4.34. The lowest BCUT2D eigenvalue weighted by Crippen LogP contribution is -2.19. The molecule has 1 atom stereocenters. The summed E-state index contributed by atoms with van der Waals surface area (Å²) in [7, 11) is 1.95. The minimum atomic E-state index is -0.182. The summed E-state index contributed by atoms with van der Waals surface area (Å²) in [5, 5.41) is 5.39. The second-order valence-corrected chi connectivity index (χ2v) is 6.14. The molecule has 0 amide bonds. The summed E-state index contributed by atoms with van der Waals surface area (Å²) in [6, 6.07) is 9.37. The number of nitrogens with one attached hydrogen (secondary N) is 1. The van der Waals surface area contributed by atoms with Crippen molar-refractivity contribution in [1.29, 1.82) is 0 Å². The van der Waals surface area contributed by atoms with E-state index in [0.29, 0.717) is 0 Å². The SMILES string of the molecule is CNC(Cc1ccc(F)cc1C)c1cnc2ccsc2c1. The van der Waals surface area contributed by atoms with Gasteiger partial charge in [-0.15, -0.1) is 11.3 Å². The second kappa shape index (κ2) is 5.92. The van der Waals surface area contributed by atoms with Gasteiger partial charge in [0.05, 0.1) is 10.2 Å². The molecule has 3 rings (SSSR count). The van der Waals surface area contributed by atoms with Crippen LogP contribution in [0.5, 0.6) is 0 Å². The number of thiophene rings is 1. The van der Waals surface area contributed by atoms with Crippen LogP contribution >= 0.6 is 11.3 Å². The van der Waals surface area contributed by atoms with Gasteiger partial charge in [-0.05, 0) is 66.7 Å². The summed E-state index contributed by atoms with van der Waals surface area (Å²) in [6.45, 7) is 1.95. The van der Waals surface area contributed by atoms with Crippen LogP contribution < -0.4 is 5.32 Å². The number of fused-ring (bicyclic) bond motifs is 1. The molecule has 1 unspecified atom stereocenters. The molecule has 0 saturated heterocycles. The molecule has 1 aromatic carbocycles. The van der Waals surface area contributed by atoms with Gasteiger partial charge in [0, 0.05) is 12.2 Å². The quantitative estimate of drug-likeness (QED) is 0.779. The Morgan fingerprint density at radius 2 is 2.14 bits per heavy atom. The molecule has 4 heteroatoms. The van der Waals surface area contributed by atoms with E-state index in [-0.39, 0.29) is 11.9 Å². The van der Waals surface area contributed by atoms with E-state index in [4.69, 9.17) is 0 Å². The van der Waals surface area contributed by atoms with Crippen LogP contribution in [0.3, 0.4) is 0 Å². The average molecular weight is 300 g/mol. The largest absolute Gasteiger partial charge is 0.313 e. The van der Waals surface area contributed by atoms with Crippen LogP contribution in [0.1, 0.15) is 22.7 Å². The Balaban J connectivity index is 1.90. The van der Waals surface area contributed by atoms with Gasteiger partial charge in [0.15, 0.2) is 0 Å². The van der Waals surface area contributed by atoms with Crippen LogP contribution in [0.15, 0.2) is 41.9 Å². The predicted octanol–water partition coefficient (Wildman–Crippen LogP) is 4.25. The zero-order chi connectivity index (χ0) is 14.8. The fourth-order valence-electron chi connectivity index (χ4n) is 2.55. The van der Waals surface area contributed by atoms with Crippen LogP contribution in [0, 0.1) is 12.7 Å². The molecule has 21 heavy (non-hydrogen) atoms. The van der Waals surface area contributed by atoms with E-state index in [1.54, 1.807) is 17.4 Å². The maximum Gasteiger partial charge on any atom is 0.123 e. The van der Waals surface area contributed by atoms with Crippen molar-refractivity contribution < 1.29 is 4.39 Å². The average Bonchev–Trinajstić information content (AvgIpc) is 2.94. The number of aryl methyl sites for hydroxylation is 1. The minimum Gasteiger partial charge on any atom is -0.313 e. The third-order valence-corrected chi connectivity index (χ3v) is 4.66. The summed E-state index contributed by atoms with van der Waals surface area (Å²) in [6.07, 6.45) is 2.75. The van der Waals surface area contributed by atoms with E-state index < -0.39 is 0 Å². The fraction of sp³-hybridized carbons (Fsp3) is 0.235. The minimum absolute atomic E-state index is 0.174. The van der Waals surface area contributed by atoms with Gasteiger partial charge in [-0.25, -0.2) is 4.39 Å². The molecular weight excluding hydrogens is 283 g/mol. The first-order valence-corrected chi connectivity index (χ1v) is 7.81. The lowest BCUT2D eigenvalue weighted by Gasteiger charge is -2.18. The molecule has 0 aliphatic rings. The molecular formula is C17H17FN2S. The monoisotopic (exact) mass is 300 g/mol. The van der Waals surface area contributed by atoms with Gasteiger partial charge < -0.3 is 5.32 Å². The van der Waals surface area contributed by atoms with Crippen molar-refractivity contribution >= 4 is 21.6 Å². The molecule has 2 nitrogen and oxygen atoms in total. The Morgan fingerprint density at radius 3 is 2.90 bits per heavy atom. The van der Waals surface area contributed by atoms with Gasteiger partial charge in [0.2, 0.25) is 0 Å². The van der Waals surface area contributed by atoms with Gasteiger partial charge >= 0.3 is 0 Å².